The summed E-state index contributed by atoms with van der Waals surface area (Å²) in [5.74, 6) is 0.486. The van der Waals surface area contributed by atoms with Gasteiger partial charge in [0.25, 0.3) is 5.56 Å². The zero-order valence-corrected chi connectivity index (χ0v) is 20.3. The van der Waals surface area contributed by atoms with E-state index >= 15 is 0 Å². The molecule has 1 aromatic heterocycles. The number of hydrogen-bond donors (Lipinski definition) is 1. The molecule has 0 amide bonds. The zero-order chi connectivity index (χ0) is 24.3. The molecule has 7 heteroatoms. The highest BCUT2D eigenvalue weighted by molar-refractivity contribution is 5.58. The summed E-state index contributed by atoms with van der Waals surface area (Å²) in [4.78, 5) is 14.6. The molecule has 1 heterocycles. The Hall–Kier alpha value is -3.42. The van der Waals surface area contributed by atoms with E-state index in [4.69, 9.17) is 9.47 Å². The van der Waals surface area contributed by atoms with Crippen molar-refractivity contribution in [2.75, 3.05) is 39.2 Å². The monoisotopic (exact) mass is 462 g/mol. The van der Waals surface area contributed by atoms with Gasteiger partial charge in [-0.15, -0.1) is 0 Å². The molecular weight excluding hydrogens is 428 g/mol. The van der Waals surface area contributed by atoms with Crippen LogP contribution >= 0.6 is 0 Å². The van der Waals surface area contributed by atoms with Crippen molar-refractivity contribution in [2.45, 2.75) is 26.5 Å². The van der Waals surface area contributed by atoms with E-state index in [-0.39, 0.29) is 5.56 Å². The van der Waals surface area contributed by atoms with E-state index < -0.39 is 0 Å². The van der Waals surface area contributed by atoms with Gasteiger partial charge in [0.15, 0.2) is 5.88 Å². The summed E-state index contributed by atoms with van der Waals surface area (Å²) >= 11 is 0. The standard InChI is InChI=1S/C27H34N4O3/c1-5-34-21(2)28-25-9-6-8-23(18-25)19-31-27(32)15-14-26(29-31)24-12-10-22(11-13-24)20-33-17-7-16-30(3)4/h6,8-15,18,28H,2,5,7,16-17,19-20H2,1,3-4H3. The number of nitrogens with zero attached hydrogens (tertiary/aromatic N) is 3. The van der Waals surface area contributed by atoms with Gasteiger partial charge in [-0.1, -0.05) is 36.4 Å². The molecule has 0 radical (unpaired) electrons. The van der Waals surface area contributed by atoms with Gasteiger partial charge in [0.1, 0.15) is 0 Å². The number of benzene rings is 2. The fourth-order valence-corrected chi connectivity index (χ4v) is 3.45. The smallest absolute Gasteiger partial charge is 0.267 e. The van der Waals surface area contributed by atoms with E-state index in [0.29, 0.717) is 25.6 Å². The van der Waals surface area contributed by atoms with Crippen molar-refractivity contribution in [1.29, 1.82) is 0 Å². The Morgan fingerprint density at radius 2 is 1.88 bits per heavy atom. The minimum atomic E-state index is -0.149. The third-order valence-corrected chi connectivity index (χ3v) is 5.14. The minimum Gasteiger partial charge on any atom is -0.480 e. The van der Waals surface area contributed by atoms with Crippen LogP contribution in [0.15, 0.2) is 77.9 Å². The first-order valence-electron chi connectivity index (χ1n) is 11.5. The average Bonchev–Trinajstić information content (AvgIpc) is 2.81. The van der Waals surface area contributed by atoms with Crippen molar-refractivity contribution in [3.8, 4) is 11.3 Å². The van der Waals surface area contributed by atoms with Crippen molar-refractivity contribution in [2.24, 2.45) is 0 Å². The molecule has 0 aliphatic carbocycles. The maximum atomic E-state index is 12.5. The maximum Gasteiger partial charge on any atom is 0.267 e. The van der Waals surface area contributed by atoms with Crippen LogP contribution in [0.3, 0.4) is 0 Å². The minimum absolute atomic E-state index is 0.149. The number of anilines is 1. The summed E-state index contributed by atoms with van der Waals surface area (Å²) in [5, 5.41) is 7.71. The lowest BCUT2D eigenvalue weighted by Gasteiger charge is -2.12. The Labute approximate surface area is 201 Å². The van der Waals surface area contributed by atoms with Crippen molar-refractivity contribution >= 4 is 5.69 Å². The van der Waals surface area contributed by atoms with E-state index in [2.05, 4.69) is 36.0 Å². The van der Waals surface area contributed by atoms with Crippen LogP contribution in [0.4, 0.5) is 5.69 Å². The van der Waals surface area contributed by atoms with Crippen molar-refractivity contribution in [3.63, 3.8) is 0 Å². The van der Waals surface area contributed by atoms with Gasteiger partial charge in [-0.05, 0) is 69.9 Å². The van der Waals surface area contributed by atoms with Gasteiger partial charge in [0.2, 0.25) is 0 Å². The second-order valence-electron chi connectivity index (χ2n) is 8.30. The Morgan fingerprint density at radius 1 is 1.09 bits per heavy atom. The number of aromatic nitrogens is 2. The Bertz CT molecular complexity index is 1120. The van der Waals surface area contributed by atoms with E-state index in [1.807, 2.05) is 55.5 Å². The number of ether oxygens (including phenoxy) is 2. The summed E-state index contributed by atoms with van der Waals surface area (Å²) in [7, 11) is 4.12. The average molecular weight is 463 g/mol. The van der Waals surface area contributed by atoms with Crippen LogP contribution in [-0.4, -0.2) is 48.5 Å². The molecule has 0 saturated heterocycles. The molecule has 0 fully saturated rings. The molecule has 0 aliphatic rings. The van der Waals surface area contributed by atoms with Crippen LogP contribution in [-0.2, 0) is 22.6 Å². The number of hydrogen-bond acceptors (Lipinski definition) is 6. The quantitative estimate of drug-likeness (QED) is 0.301. The molecule has 1 N–H and O–H groups in total. The maximum absolute atomic E-state index is 12.5. The summed E-state index contributed by atoms with van der Waals surface area (Å²) in [5.41, 5.74) is 4.46. The third kappa shape index (κ3) is 7.86. The predicted octanol–water partition coefficient (Wildman–Crippen LogP) is 4.35. The first kappa shape index (κ1) is 25.2. The van der Waals surface area contributed by atoms with Crippen LogP contribution in [0.5, 0.6) is 0 Å². The van der Waals surface area contributed by atoms with Gasteiger partial charge in [-0.3, -0.25) is 4.79 Å². The van der Waals surface area contributed by atoms with Crippen LogP contribution < -0.4 is 10.9 Å². The summed E-state index contributed by atoms with van der Waals surface area (Å²) in [6.45, 7) is 8.99. The van der Waals surface area contributed by atoms with Crippen LogP contribution in [0, 0.1) is 0 Å². The molecule has 0 atom stereocenters. The molecule has 0 saturated carbocycles. The number of nitrogens with one attached hydrogen (secondary N) is 1. The first-order valence-corrected chi connectivity index (χ1v) is 11.5. The second-order valence-corrected chi connectivity index (χ2v) is 8.30. The predicted molar refractivity (Wildman–Crippen MR) is 137 cm³/mol. The largest absolute Gasteiger partial charge is 0.480 e. The summed E-state index contributed by atoms with van der Waals surface area (Å²) in [6, 6.07) is 19.2. The summed E-state index contributed by atoms with van der Waals surface area (Å²) in [6.07, 6.45) is 1.01. The Morgan fingerprint density at radius 3 is 2.62 bits per heavy atom. The molecule has 0 spiro atoms. The molecule has 3 rings (SSSR count). The topological polar surface area (TPSA) is 68.6 Å². The van der Waals surface area contributed by atoms with Gasteiger partial charge in [-0.2, -0.15) is 5.10 Å². The van der Waals surface area contributed by atoms with Crippen molar-refractivity contribution < 1.29 is 9.47 Å². The van der Waals surface area contributed by atoms with E-state index in [9.17, 15) is 4.79 Å². The highest BCUT2D eigenvalue weighted by atomic mass is 16.5. The van der Waals surface area contributed by atoms with E-state index in [1.165, 1.54) is 4.68 Å². The lowest BCUT2D eigenvalue weighted by molar-refractivity contribution is 0.113. The Kier molecular flexibility index (Phi) is 9.43. The fraction of sp³-hybridized carbons (Fsp3) is 0.333. The molecule has 34 heavy (non-hydrogen) atoms. The van der Waals surface area contributed by atoms with Crippen molar-refractivity contribution in [3.05, 3.63) is 94.6 Å². The van der Waals surface area contributed by atoms with Crippen molar-refractivity contribution in [1.82, 2.24) is 14.7 Å². The third-order valence-electron chi connectivity index (χ3n) is 5.14. The molecule has 0 unspecified atom stereocenters. The van der Waals surface area contributed by atoms with Gasteiger partial charge in [-0.25, -0.2) is 4.68 Å². The van der Waals surface area contributed by atoms with Crippen LogP contribution in [0.25, 0.3) is 11.3 Å². The molecular formula is C27H34N4O3. The molecule has 3 aromatic rings. The number of rotatable bonds is 13. The Balaban J connectivity index is 1.65. The molecule has 2 aromatic carbocycles. The highest BCUT2D eigenvalue weighted by Crippen LogP contribution is 2.18. The first-order chi connectivity index (χ1) is 16.4. The fourth-order valence-electron chi connectivity index (χ4n) is 3.45. The van der Waals surface area contributed by atoms with E-state index in [0.717, 1.165) is 47.6 Å². The van der Waals surface area contributed by atoms with Crippen LogP contribution in [0.1, 0.15) is 24.5 Å². The molecule has 7 nitrogen and oxygen atoms in total. The van der Waals surface area contributed by atoms with Gasteiger partial charge < -0.3 is 19.7 Å². The normalized spacial score (nSPS) is 10.9. The molecule has 180 valence electrons. The lowest BCUT2D eigenvalue weighted by atomic mass is 10.1. The van der Waals surface area contributed by atoms with Gasteiger partial charge in [0, 0.05) is 23.9 Å². The van der Waals surface area contributed by atoms with E-state index in [1.54, 1.807) is 12.1 Å². The second kappa shape index (κ2) is 12.7. The van der Waals surface area contributed by atoms with Gasteiger partial charge >= 0.3 is 0 Å². The highest BCUT2D eigenvalue weighted by Gasteiger charge is 2.06. The molecule has 0 aliphatic heterocycles. The van der Waals surface area contributed by atoms with Crippen LogP contribution in [0.2, 0.25) is 0 Å². The van der Waals surface area contributed by atoms with Gasteiger partial charge in [0.05, 0.1) is 25.5 Å². The summed E-state index contributed by atoms with van der Waals surface area (Å²) < 4.78 is 12.6. The SMILES string of the molecule is C=C(Nc1cccc(Cn2nc(-c3ccc(COCCCN(C)C)cc3)ccc2=O)c1)OCC. The zero-order valence-electron chi connectivity index (χ0n) is 20.3. The molecule has 0 bridgehead atoms. The lowest BCUT2D eigenvalue weighted by Crippen LogP contribution is -2.22.